The molecule has 122 valence electrons. The molecule has 0 aliphatic rings. The van der Waals surface area contributed by atoms with Crippen molar-refractivity contribution in [2.75, 3.05) is 11.1 Å². The van der Waals surface area contributed by atoms with Crippen LogP contribution in [0.2, 0.25) is 0 Å². The first kappa shape index (κ1) is 16.7. The Morgan fingerprint density at radius 2 is 2.17 bits per heavy atom. The first-order valence-electron chi connectivity index (χ1n) is 7.51. The zero-order valence-corrected chi connectivity index (χ0v) is 14.9. The molecule has 0 bridgehead atoms. The summed E-state index contributed by atoms with van der Waals surface area (Å²) in [6.45, 7) is 1.86. The van der Waals surface area contributed by atoms with Crippen molar-refractivity contribution < 1.29 is 4.79 Å². The lowest BCUT2D eigenvalue weighted by Crippen LogP contribution is -2.14. The first-order valence-corrected chi connectivity index (χ1v) is 9.54. The van der Waals surface area contributed by atoms with Gasteiger partial charge in [-0.25, -0.2) is 9.97 Å². The summed E-state index contributed by atoms with van der Waals surface area (Å²) in [6.07, 6.45) is 1.74. The Balaban J connectivity index is 1.59. The molecule has 0 unspecified atom stereocenters. The van der Waals surface area contributed by atoms with Gasteiger partial charge in [-0.2, -0.15) is 0 Å². The normalized spacial score (nSPS) is 10.5. The van der Waals surface area contributed by atoms with Crippen molar-refractivity contribution in [3.05, 3.63) is 64.7 Å². The first-order chi connectivity index (χ1) is 11.7. The highest BCUT2D eigenvalue weighted by molar-refractivity contribution is 7.99. The lowest BCUT2D eigenvalue weighted by atomic mass is 10.1. The number of amides is 1. The number of hydrogen-bond donors (Lipinski definition) is 1. The number of aryl methyl sites for hydroxylation is 1. The number of thiophene rings is 1. The van der Waals surface area contributed by atoms with Gasteiger partial charge in [0.15, 0.2) is 0 Å². The van der Waals surface area contributed by atoms with Crippen molar-refractivity contribution in [2.24, 2.45) is 0 Å². The second-order valence-electron chi connectivity index (χ2n) is 5.19. The van der Waals surface area contributed by atoms with Gasteiger partial charge in [0.25, 0.3) is 0 Å². The Labute approximate surface area is 149 Å². The van der Waals surface area contributed by atoms with E-state index in [-0.39, 0.29) is 5.91 Å². The van der Waals surface area contributed by atoms with Crippen molar-refractivity contribution in [3.63, 3.8) is 0 Å². The molecule has 0 aliphatic heterocycles. The van der Waals surface area contributed by atoms with Crippen LogP contribution in [-0.4, -0.2) is 21.6 Å². The molecule has 0 saturated carbocycles. The number of nitrogens with zero attached hydrogens (tertiary/aromatic N) is 2. The molecule has 0 fully saturated rings. The van der Waals surface area contributed by atoms with E-state index in [0.717, 1.165) is 28.5 Å². The third kappa shape index (κ3) is 4.66. The standard InChI is InChI=1S/C18H17N3OS2/c1-13-19-8-7-17(20-13)14-4-2-5-15(10-14)21-18(22)12-23-11-16-6-3-9-24-16/h2-10H,11-12H2,1H3,(H,21,22). The Kier molecular flexibility index (Phi) is 5.61. The Morgan fingerprint density at radius 1 is 1.25 bits per heavy atom. The summed E-state index contributed by atoms with van der Waals surface area (Å²) in [5.74, 6) is 2.04. The van der Waals surface area contributed by atoms with E-state index in [9.17, 15) is 4.79 Å². The third-order valence-electron chi connectivity index (χ3n) is 3.28. The van der Waals surface area contributed by atoms with Gasteiger partial charge in [0.1, 0.15) is 5.82 Å². The van der Waals surface area contributed by atoms with E-state index in [0.29, 0.717) is 5.75 Å². The highest BCUT2D eigenvalue weighted by Gasteiger charge is 2.06. The van der Waals surface area contributed by atoms with Crippen molar-refractivity contribution in [3.8, 4) is 11.3 Å². The minimum absolute atomic E-state index is 0.00701. The van der Waals surface area contributed by atoms with Crippen molar-refractivity contribution >= 4 is 34.7 Å². The monoisotopic (exact) mass is 355 g/mol. The number of nitrogens with one attached hydrogen (secondary N) is 1. The fraction of sp³-hybridized carbons (Fsp3) is 0.167. The summed E-state index contributed by atoms with van der Waals surface area (Å²) in [6, 6.07) is 13.7. The van der Waals surface area contributed by atoms with Gasteiger partial charge in [-0.3, -0.25) is 4.79 Å². The number of benzene rings is 1. The van der Waals surface area contributed by atoms with Crippen LogP contribution in [-0.2, 0) is 10.5 Å². The van der Waals surface area contributed by atoms with Gasteiger partial charge in [0, 0.05) is 28.1 Å². The Morgan fingerprint density at radius 3 is 2.96 bits per heavy atom. The second-order valence-corrected chi connectivity index (χ2v) is 7.21. The Hall–Kier alpha value is -2.18. The molecule has 1 N–H and O–H groups in total. The zero-order valence-electron chi connectivity index (χ0n) is 13.2. The Bertz CT molecular complexity index is 819. The number of thioether (sulfide) groups is 1. The summed E-state index contributed by atoms with van der Waals surface area (Å²) in [4.78, 5) is 21.9. The molecule has 24 heavy (non-hydrogen) atoms. The molecule has 1 amide bonds. The molecule has 1 aromatic carbocycles. The van der Waals surface area contributed by atoms with Crippen LogP contribution in [0, 0.1) is 6.92 Å². The van der Waals surface area contributed by atoms with E-state index in [1.54, 1.807) is 29.3 Å². The maximum atomic E-state index is 12.1. The van der Waals surface area contributed by atoms with Gasteiger partial charge < -0.3 is 5.32 Å². The molecule has 0 aliphatic carbocycles. The molecular formula is C18H17N3OS2. The third-order valence-corrected chi connectivity index (χ3v) is 5.32. The van der Waals surface area contributed by atoms with E-state index >= 15 is 0 Å². The second kappa shape index (κ2) is 8.08. The van der Waals surface area contributed by atoms with Crippen LogP contribution in [0.25, 0.3) is 11.3 Å². The number of carbonyl (C=O) groups is 1. The fourth-order valence-corrected chi connectivity index (χ4v) is 3.88. The van der Waals surface area contributed by atoms with Gasteiger partial charge in [-0.05, 0) is 36.6 Å². The molecule has 0 atom stereocenters. The molecule has 4 nitrogen and oxygen atoms in total. The maximum absolute atomic E-state index is 12.1. The number of carbonyl (C=O) groups excluding carboxylic acids is 1. The van der Waals surface area contributed by atoms with Crippen molar-refractivity contribution in [1.29, 1.82) is 0 Å². The number of rotatable bonds is 6. The van der Waals surface area contributed by atoms with Crippen molar-refractivity contribution in [1.82, 2.24) is 9.97 Å². The fourth-order valence-electron chi connectivity index (χ4n) is 2.21. The van der Waals surface area contributed by atoms with Crippen LogP contribution in [0.15, 0.2) is 54.0 Å². The average Bonchev–Trinajstić information content (AvgIpc) is 3.08. The summed E-state index contributed by atoms with van der Waals surface area (Å²) in [5, 5.41) is 5.00. The molecule has 0 saturated heterocycles. The molecule has 2 heterocycles. The predicted molar refractivity (Wildman–Crippen MR) is 101 cm³/mol. The minimum Gasteiger partial charge on any atom is -0.325 e. The predicted octanol–water partition coefficient (Wildman–Crippen LogP) is 4.39. The van der Waals surface area contributed by atoms with Crippen LogP contribution in [0.3, 0.4) is 0 Å². The van der Waals surface area contributed by atoms with Gasteiger partial charge >= 0.3 is 0 Å². The average molecular weight is 355 g/mol. The molecule has 3 aromatic rings. The van der Waals surface area contributed by atoms with Crippen LogP contribution in [0.5, 0.6) is 0 Å². The summed E-state index contributed by atoms with van der Waals surface area (Å²) < 4.78 is 0. The van der Waals surface area contributed by atoms with E-state index in [1.165, 1.54) is 4.88 Å². The van der Waals surface area contributed by atoms with E-state index < -0.39 is 0 Å². The van der Waals surface area contributed by atoms with E-state index in [2.05, 4.69) is 26.7 Å². The quantitative estimate of drug-likeness (QED) is 0.713. The van der Waals surface area contributed by atoms with Gasteiger partial charge in [-0.15, -0.1) is 23.1 Å². The van der Waals surface area contributed by atoms with Gasteiger partial charge in [0.2, 0.25) is 5.91 Å². The van der Waals surface area contributed by atoms with Gasteiger partial charge in [-0.1, -0.05) is 18.2 Å². The number of anilines is 1. The van der Waals surface area contributed by atoms with Gasteiger partial charge in [0.05, 0.1) is 11.4 Å². The smallest absolute Gasteiger partial charge is 0.234 e. The largest absolute Gasteiger partial charge is 0.325 e. The summed E-state index contributed by atoms with van der Waals surface area (Å²) >= 11 is 3.33. The van der Waals surface area contributed by atoms with Crippen LogP contribution >= 0.6 is 23.1 Å². The van der Waals surface area contributed by atoms with Crippen molar-refractivity contribution in [2.45, 2.75) is 12.7 Å². The molecule has 0 spiro atoms. The topological polar surface area (TPSA) is 54.9 Å². The summed E-state index contributed by atoms with van der Waals surface area (Å²) in [5.41, 5.74) is 2.60. The van der Waals surface area contributed by atoms with Crippen LogP contribution in [0.1, 0.15) is 10.7 Å². The van der Waals surface area contributed by atoms with E-state index in [4.69, 9.17) is 0 Å². The molecule has 6 heteroatoms. The molecule has 3 rings (SSSR count). The lowest BCUT2D eigenvalue weighted by molar-refractivity contribution is -0.113. The summed E-state index contributed by atoms with van der Waals surface area (Å²) in [7, 11) is 0. The molecule has 2 aromatic heterocycles. The van der Waals surface area contributed by atoms with E-state index in [1.807, 2.05) is 43.3 Å². The van der Waals surface area contributed by atoms with Crippen LogP contribution in [0.4, 0.5) is 5.69 Å². The molecular weight excluding hydrogens is 338 g/mol. The number of hydrogen-bond acceptors (Lipinski definition) is 5. The minimum atomic E-state index is 0.00701. The maximum Gasteiger partial charge on any atom is 0.234 e. The lowest BCUT2D eigenvalue weighted by Gasteiger charge is -2.07. The SMILES string of the molecule is Cc1nccc(-c2cccc(NC(=O)CSCc3cccs3)c2)n1. The van der Waals surface area contributed by atoms with Crippen LogP contribution < -0.4 is 5.32 Å². The highest BCUT2D eigenvalue weighted by atomic mass is 32.2. The molecule has 0 radical (unpaired) electrons. The zero-order chi connectivity index (χ0) is 16.8. The highest BCUT2D eigenvalue weighted by Crippen LogP contribution is 2.21. The number of aromatic nitrogens is 2.